The fourth-order valence-corrected chi connectivity index (χ4v) is 3.02. The summed E-state index contributed by atoms with van der Waals surface area (Å²) in [4.78, 5) is 11.3. The molecule has 0 saturated heterocycles. The first-order chi connectivity index (χ1) is 7.11. The van der Waals surface area contributed by atoms with Crippen molar-refractivity contribution in [2.45, 2.75) is 57.4 Å². The minimum absolute atomic E-state index is 0.0350. The summed E-state index contributed by atoms with van der Waals surface area (Å²) >= 11 is 1.99. The number of alkyl carbamates (subject to hydrolysis) is 1. The summed E-state index contributed by atoms with van der Waals surface area (Å²) in [5.74, 6) is 1.16. The van der Waals surface area contributed by atoms with Gasteiger partial charge in [-0.1, -0.05) is 6.92 Å². The molecule has 1 aliphatic rings. The molecule has 1 N–H and O–H groups in total. The monoisotopic (exact) mass is 231 g/mol. The second kappa shape index (κ2) is 6.26. The van der Waals surface area contributed by atoms with Crippen molar-refractivity contribution >= 4 is 17.9 Å². The van der Waals surface area contributed by atoms with Gasteiger partial charge < -0.3 is 10.1 Å². The smallest absolute Gasteiger partial charge is 0.407 e. The molecule has 3 nitrogen and oxygen atoms in total. The van der Waals surface area contributed by atoms with Crippen LogP contribution in [-0.4, -0.2) is 29.2 Å². The molecule has 0 aromatic rings. The quantitative estimate of drug-likeness (QED) is 0.808. The lowest BCUT2D eigenvalue weighted by Gasteiger charge is -2.14. The summed E-state index contributed by atoms with van der Waals surface area (Å²) in [5.41, 5.74) is 0. The first-order valence-corrected chi connectivity index (χ1v) is 6.75. The molecule has 0 aromatic carbocycles. The Labute approximate surface area is 96.3 Å². The van der Waals surface area contributed by atoms with Crippen LogP contribution in [0, 0.1) is 0 Å². The number of amides is 1. The third-order valence-electron chi connectivity index (χ3n) is 2.45. The van der Waals surface area contributed by atoms with Crippen molar-refractivity contribution in [1.82, 2.24) is 5.32 Å². The van der Waals surface area contributed by atoms with Gasteiger partial charge >= 0.3 is 6.09 Å². The number of carbonyl (C=O) groups is 1. The highest BCUT2D eigenvalue weighted by Crippen LogP contribution is 2.29. The molecular weight excluding hydrogens is 210 g/mol. The second-order valence-corrected chi connectivity index (χ2v) is 5.76. The normalized spacial score (nSPS) is 25.6. The molecule has 0 radical (unpaired) electrons. The van der Waals surface area contributed by atoms with Crippen LogP contribution in [0.25, 0.3) is 0 Å². The summed E-state index contributed by atoms with van der Waals surface area (Å²) < 4.78 is 5.05. The van der Waals surface area contributed by atoms with Gasteiger partial charge in [-0.2, -0.15) is 11.8 Å². The van der Waals surface area contributed by atoms with Gasteiger partial charge in [0, 0.05) is 11.3 Å². The SMILES string of the molecule is CCSC1CCC(NC(=O)OC(C)C)C1. The van der Waals surface area contributed by atoms with Crippen molar-refractivity contribution in [3.8, 4) is 0 Å². The topological polar surface area (TPSA) is 38.3 Å². The average molecular weight is 231 g/mol. The van der Waals surface area contributed by atoms with E-state index in [1.165, 1.54) is 6.42 Å². The Kier molecular flexibility index (Phi) is 5.29. The molecule has 0 aliphatic heterocycles. The Morgan fingerprint density at radius 1 is 1.53 bits per heavy atom. The first kappa shape index (κ1) is 12.7. The lowest BCUT2D eigenvalue weighted by atomic mass is 10.3. The zero-order valence-electron chi connectivity index (χ0n) is 9.79. The number of nitrogens with one attached hydrogen (secondary N) is 1. The second-order valence-electron chi connectivity index (χ2n) is 4.19. The highest BCUT2D eigenvalue weighted by Gasteiger charge is 2.26. The highest BCUT2D eigenvalue weighted by atomic mass is 32.2. The van der Waals surface area contributed by atoms with Gasteiger partial charge in [0.25, 0.3) is 0 Å². The minimum atomic E-state index is -0.267. The summed E-state index contributed by atoms with van der Waals surface area (Å²) in [6, 6.07) is 0.320. The Balaban J connectivity index is 2.20. The van der Waals surface area contributed by atoms with Crippen LogP contribution in [0.15, 0.2) is 0 Å². The van der Waals surface area contributed by atoms with Gasteiger partial charge in [0.1, 0.15) is 0 Å². The molecule has 88 valence electrons. The Morgan fingerprint density at radius 2 is 2.27 bits per heavy atom. The number of rotatable bonds is 4. The third kappa shape index (κ3) is 4.78. The predicted molar refractivity (Wildman–Crippen MR) is 64.3 cm³/mol. The van der Waals surface area contributed by atoms with Crippen LogP contribution in [0.4, 0.5) is 4.79 Å². The zero-order valence-corrected chi connectivity index (χ0v) is 10.6. The minimum Gasteiger partial charge on any atom is -0.447 e. The Bertz CT molecular complexity index is 209. The fraction of sp³-hybridized carbons (Fsp3) is 0.909. The zero-order chi connectivity index (χ0) is 11.3. The molecule has 1 aliphatic carbocycles. The summed E-state index contributed by atoms with van der Waals surface area (Å²) in [5, 5.41) is 3.65. The molecule has 0 heterocycles. The number of thioether (sulfide) groups is 1. The predicted octanol–water partition coefficient (Wildman–Crippen LogP) is 2.80. The summed E-state index contributed by atoms with van der Waals surface area (Å²) in [6.45, 7) is 5.91. The molecule has 2 unspecified atom stereocenters. The van der Waals surface area contributed by atoms with Gasteiger partial charge in [-0.05, 0) is 38.9 Å². The van der Waals surface area contributed by atoms with Crippen molar-refractivity contribution in [3.63, 3.8) is 0 Å². The standard InChI is InChI=1S/C11H21NO2S/c1-4-15-10-6-5-9(7-10)12-11(13)14-8(2)3/h8-10H,4-7H2,1-3H3,(H,12,13). The van der Waals surface area contributed by atoms with Crippen molar-refractivity contribution in [2.24, 2.45) is 0 Å². The third-order valence-corrected chi connectivity index (χ3v) is 3.68. The summed E-state index contributed by atoms with van der Waals surface area (Å²) in [7, 11) is 0. The van der Waals surface area contributed by atoms with Crippen LogP contribution in [0.3, 0.4) is 0 Å². The van der Waals surface area contributed by atoms with Gasteiger partial charge in [-0.3, -0.25) is 0 Å². The van der Waals surface area contributed by atoms with E-state index in [1.807, 2.05) is 25.6 Å². The maximum absolute atomic E-state index is 11.3. The van der Waals surface area contributed by atoms with Crippen molar-refractivity contribution in [2.75, 3.05) is 5.75 Å². The maximum atomic E-state index is 11.3. The molecule has 1 rings (SSSR count). The van der Waals surface area contributed by atoms with Crippen molar-refractivity contribution in [3.05, 3.63) is 0 Å². The van der Waals surface area contributed by atoms with Crippen molar-refractivity contribution in [1.29, 1.82) is 0 Å². The van der Waals surface area contributed by atoms with E-state index in [2.05, 4.69) is 12.2 Å². The van der Waals surface area contributed by atoms with E-state index in [0.717, 1.165) is 23.8 Å². The van der Waals surface area contributed by atoms with Crippen LogP contribution < -0.4 is 5.32 Å². The van der Waals surface area contributed by atoms with Crippen LogP contribution >= 0.6 is 11.8 Å². The molecule has 1 amide bonds. The van der Waals surface area contributed by atoms with E-state index in [4.69, 9.17) is 4.74 Å². The Morgan fingerprint density at radius 3 is 2.87 bits per heavy atom. The van der Waals surface area contributed by atoms with E-state index in [-0.39, 0.29) is 12.2 Å². The number of hydrogen-bond acceptors (Lipinski definition) is 3. The van der Waals surface area contributed by atoms with E-state index < -0.39 is 0 Å². The maximum Gasteiger partial charge on any atom is 0.407 e. The molecule has 1 saturated carbocycles. The van der Waals surface area contributed by atoms with Crippen molar-refractivity contribution < 1.29 is 9.53 Å². The van der Waals surface area contributed by atoms with E-state index >= 15 is 0 Å². The summed E-state index contributed by atoms with van der Waals surface area (Å²) in [6.07, 6.45) is 3.09. The molecule has 4 heteroatoms. The largest absolute Gasteiger partial charge is 0.447 e. The lowest BCUT2D eigenvalue weighted by Crippen LogP contribution is -2.34. The van der Waals surface area contributed by atoms with Gasteiger partial charge in [-0.25, -0.2) is 4.79 Å². The molecule has 0 aromatic heterocycles. The molecule has 1 fully saturated rings. The molecule has 15 heavy (non-hydrogen) atoms. The first-order valence-electron chi connectivity index (χ1n) is 5.70. The fourth-order valence-electron chi connectivity index (χ4n) is 1.87. The molecular formula is C11H21NO2S. The van der Waals surface area contributed by atoms with E-state index in [1.54, 1.807) is 0 Å². The van der Waals surface area contributed by atoms with E-state index in [9.17, 15) is 4.79 Å². The molecule has 0 bridgehead atoms. The van der Waals surface area contributed by atoms with Crippen LogP contribution in [-0.2, 0) is 4.74 Å². The van der Waals surface area contributed by atoms with Crippen LogP contribution in [0.5, 0.6) is 0 Å². The molecule has 2 atom stereocenters. The Hall–Kier alpha value is -0.380. The number of hydrogen-bond donors (Lipinski definition) is 1. The molecule has 0 spiro atoms. The average Bonchev–Trinajstić information content (AvgIpc) is 2.51. The van der Waals surface area contributed by atoms with Crippen LogP contribution in [0.2, 0.25) is 0 Å². The van der Waals surface area contributed by atoms with Gasteiger partial charge in [-0.15, -0.1) is 0 Å². The van der Waals surface area contributed by atoms with E-state index in [0.29, 0.717) is 6.04 Å². The number of carbonyl (C=O) groups excluding carboxylic acids is 1. The highest BCUT2D eigenvalue weighted by molar-refractivity contribution is 7.99. The van der Waals surface area contributed by atoms with Gasteiger partial charge in [0.15, 0.2) is 0 Å². The van der Waals surface area contributed by atoms with Crippen LogP contribution in [0.1, 0.15) is 40.0 Å². The van der Waals surface area contributed by atoms with Gasteiger partial charge in [0.05, 0.1) is 6.10 Å². The number of ether oxygens (including phenoxy) is 1. The lowest BCUT2D eigenvalue weighted by molar-refractivity contribution is 0.112. The van der Waals surface area contributed by atoms with Gasteiger partial charge in [0.2, 0.25) is 0 Å².